The van der Waals surface area contributed by atoms with Crippen LogP contribution >= 0.6 is 0 Å². The van der Waals surface area contributed by atoms with E-state index in [4.69, 9.17) is 0 Å². The largest absolute Gasteiger partial charge is 0.319 e. The Morgan fingerprint density at radius 2 is 2.23 bits per heavy atom. The summed E-state index contributed by atoms with van der Waals surface area (Å²) in [4.78, 5) is 0. The molecule has 1 aliphatic rings. The zero-order valence-electron chi connectivity index (χ0n) is 8.28. The van der Waals surface area contributed by atoms with Crippen LogP contribution in [0.15, 0.2) is 0 Å². The fraction of sp³-hybridized carbons (Fsp3) is 1.00. The van der Waals surface area contributed by atoms with Crippen LogP contribution in [-0.4, -0.2) is 44.7 Å². The molecule has 0 radical (unpaired) electrons. The van der Waals surface area contributed by atoms with Gasteiger partial charge in [0.1, 0.15) is 0 Å². The maximum atomic E-state index is 11.7. The summed E-state index contributed by atoms with van der Waals surface area (Å²) in [5, 5.41) is 2.86. The smallest absolute Gasteiger partial charge is 0.215 e. The van der Waals surface area contributed by atoms with E-state index in [1.54, 1.807) is 11.4 Å². The Labute approximate surface area is 80.4 Å². The lowest BCUT2D eigenvalue weighted by atomic mass is 10.3. The van der Waals surface area contributed by atoms with Crippen molar-refractivity contribution in [2.45, 2.75) is 25.8 Å². The molecule has 78 valence electrons. The minimum atomic E-state index is -3.00. The van der Waals surface area contributed by atoms with E-state index in [0.717, 1.165) is 12.8 Å². The molecule has 0 aromatic carbocycles. The highest BCUT2D eigenvalue weighted by molar-refractivity contribution is 7.89. The topological polar surface area (TPSA) is 49.4 Å². The predicted molar refractivity (Wildman–Crippen MR) is 53.1 cm³/mol. The van der Waals surface area contributed by atoms with Crippen LogP contribution in [0, 0.1) is 0 Å². The number of hydrogen-bond donors (Lipinski definition) is 1. The number of nitrogens with one attached hydrogen (secondary N) is 1. The van der Waals surface area contributed by atoms with Crippen molar-refractivity contribution in [1.29, 1.82) is 0 Å². The third-order valence-corrected chi connectivity index (χ3v) is 4.44. The third kappa shape index (κ3) is 2.65. The summed E-state index contributed by atoms with van der Waals surface area (Å²) in [6, 6.07) is 0.196. The molecule has 1 fully saturated rings. The van der Waals surface area contributed by atoms with Gasteiger partial charge in [0.25, 0.3) is 0 Å². The molecule has 0 aromatic rings. The van der Waals surface area contributed by atoms with E-state index in [2.05, 4.69) is 5.32 Å². The lowest BCUT2D eigenvalue weighted by Gasteiger charge is -2.20. The summed E-state index contributed by atoms with van der Waals surface area (Å²) in [7, 11) is -1.23. The van der Waals surface area contributed by atoms with Gasteiger partial charge in [-0.15, -0.1) is 0 Å². The zero-order chi connectivity index (χ0) is 9.90. The summed E-state index contributed by atoms with van der Waals surface area (Å²) >= 11 is 0. The Balaban J connectivity index is 2.58. The molecule has 5 heteroatoms. The molecular weight excluding hydrogens is 188 g/mol. The second-order valence-corrected chi connectivity index (χ2v) is 5.56. The van der Waals surface area contributed by atoms with E-state index in [1.165, 1.54) is 0 Å². The molecule has 13 heavy (non-hydrogen) atoms. The summed E-state index contributed by atoms with van der Waals surface area (Å²) in [5.74, 6) is 0.216. The van der Waals surface area contributed by atoms with E-state index in [1.807, 2.05) is 6.92 Å². The zero-order valence-corrected chi connectivity index (χ0v) is 9.10. The quantitative estimate of drug-likeness (QED) is 0.705. The molecule has 1 atom stereocenters. The van der Waals surface area contributed by atoms with Gasteiger partial charge in [-0.05, 0) is 26.8 Å². The Morgan fingerprint density at radius 1 is 1.54 bits per heavy atom. The highest BCUT2D eigenvalue weighted by Gasteiger charge is 2.30. The molecule has 1 N–H and O–H groups in total. The van der Waals surface area contributed by atoms with Crippen molar-refractivity contribution in [3.63, 3.8) is 0 Å². The number of sulfonamides is 1. The molecule has 0 aromatic heterocycles. The van der Waals surface area contributed by atoms with Crippen LogP contribution in [0.4, 0.5) is 0 Å². The van der Waals surface area contributed by atoms with Gasteiger partial charge in [0, 0.05) is 19.1 Å². The summed E-state index contributed by atoms with van der Waals surface area (Å²) in [6.45, 7) is 3.21. The van der Waals surface area contributed by atoms with Gasteiger partial charge in [-0.1, -0.05) is 0 Å². The minimum absolute atomic E-state index is 0.196. The lowest BCUT2D eigenvalue weighted by Crippen LogP contribution is -2.37. The monoisotopic (exact) mass is 206 g/mol. The van der Waals surface area contributed by atoms with Crippen LogP contribution in [0.25, 0.3) is 0 Å². The van der Waals surface area contributed by atoms with Crippen molar-refractivity contribution in [2.24, 2.45) is 0 Å². The Bertz CT molecular complexity index is 251. The first kappa shape index (κ1) is 10.9. The van der Waals surface area contributed by atoms with Crippen molar-refractivity contribution in [3.8, 4) is 0 Å². The molecule has 1 saturated heterocycles. The highest BCUT2D eigenvalue weighted by Crippen LogP contribution is 2.20. The number of rotatable bonds is 4. The van der Waals surface area contributed by atoms with Crippen LogP contribution in [0.2, 0.25) is 0 Å². The maximum Gasteiger partial charge on any atom is 0.215 e. The van der Waals surface area contributed by atoms with Crippen molar-refractivity contribution < 1.29 is 8.42 Å². The number of nitrogens with zero attached hydrogens (tertiary/aromatic N) is 1. The number of hydrogen-bond acceptors (Lipinski definition) is 3. The second kappa shape index (κ2) is 4.39. The molecular formula is C8H18N2O2S. The van der Waals surface area contributed by atoms with Crippen molar-refractivity contribution in [1.82, 2.24) is 9.62 Å². The molecule has 1 aliphatic heterocycles. The lowest BCUT2D eigenvalue weighted by molar-refractivity contribution is 0.408. The first-order valence-corrected chi connectivity index (χ1v) is 6.33. The van der Waals surface area contributed by atoms with E-state index < -0.39 is 10.0 Å². The summed E-state index contributed by atoms with van der Waals surface area (Å²) < 4.78 is 25.0. The molecule has 1 heterocycles. The average molecular weight is 206 g/mol. The summed E-state index contributed by atoms with van der Waals surface area (Å²) in [5.41, 5.74) is 0. The Kier molecular flexibility index (Phi) is 3.70. The molecule has 0 bridgehead atoms. The molecule has 4 nitrogen and oxygen atoms in total. The van der Waals surface area contributed by atoms with Gasteiger partial charge in [0.2, 0.25) is 10.0 Å². The third-order valence-electron chi connectivity index (χ3n) is 2.46. The summed E-state index contributed by atoms with van der Waals surface area (Å²) in [6.07, 6.45) is 2.00. The SMILES string of the molecule is CNCCS(=O)(=O)N1CCCC1C. The molecule has 0 spiro atoms. The van der Waals surface area contributed by atoms with Gasteiger partial charge >= 0.3 is 0 Å². The van der Waals surface area contributed by atoms with Crippen molar-refractivity contribution in [3.05, 3.63) is 0 Å². The van der Waals surface area contributed by atoms with Gasteiger partial charge in [0.15, 0.2) is 0 Å². The van der Waals surface area contributed by atoms with Crippen molar-refractivity contribution >= 4 is 10.0 Å². The fourth-order valence-corrected chi connectivity index (χ4v) is 3.43. The van der Waals surface area contributed by atoms with E-state index in [9.17, 15) is 8.42 Å². The molecule has 0 saturated carbocycles. The van der Waals surface area contributed by atoms with Gasteiger partial charge in [-0.2, -0.15) is 4.31 Å². The van der Waals surface area contributed by atoms with Crippen molar-refractivity contribution in [2.75, 3.05) is 25.9 Å². The normalized spacial score (nSPS) is 25.2. The second-order valence-electron chi connectivity index (χ2n) is 3.52. The molecule has 1 unspecified atom stereocenters. The first-order valence-electron chi connectivity index (χ1n) is 4.72. The molecule has 0 amide bonds. The maximum absolute atomic E-state index is 11.7. The Morgan fingerprint density at radius 3 is 2.69 bits per heavy atom. The van der Waals surface area contributed by atoms with Crippen LogP contribution in [-0.2, 0) is 10.0 Å². The van der Waals surface area contributed by atoms with Crippen LogP contribution in [0.1, 0.15) is 19.8 Å². The predicted octanol–water partition coefficient (Wildman–Crippen LogP) is 0.0199. The van der Waals surface area contributed by atoms with Crippen LogP contribution in [0.3, 0.4) is 0 Å². The fourth-order valence-electron chi connectivity index (χ4n) is 1.67. The van der Waals surface area contributed by atoms with Gasteiger partial charge in [0.05, 0.1) is 5.75 Å². The van der Waals surface area contributed by atoms with Crippen LogP contribution in [0.5, 0.6) is 0 Å². The van der Waals surface area contributed by atoms with Gasteiger partial charge in [-0.25, -0.2) is 8.42 Å². The average Bonchev–Trinajstić information content (AvgIpc) is 2.48. The molecule has 0 aliphatic carbocycles. The first-order chi connectivity index (χ1) is 6.08. The van der Waals surface area contributed by atoms with Crippen LogP contribution < -0.4 is 5.32 Å². The standard InChI is InChI=1S/C8H18N2O2S/c1-8-4-3-6-10(8)13(11,12)7-5-9-2/h8-9H,3-7H2,1-2H3. The molecule has 1 rings (SSSR count). The Hall–Kier alpha value is -0.130. The van der Waals surface area contributed by atoms with E-state index in [-0.39, 0.29) is 11.8 Å². The minimum Gasteiger partial charge on any atom is -0.319 e. The van der Waals surface area contributed by atoms with E-state index in [0.29, 0.717) is 13.1 Å². The van der Waals surface area contributed by atoms with Gasteiger partial charge in [-0.3, -0.25) is 0 Å². The highest BCUT2D eigenvalue weighted by atomic mass is 32.2. The van der Waals surface area contributed by atoms with E-state index >= 15 is 0 Å². The van der Waals surface area contributed by atoms with Gasteiger partial charge < -0.3 is 5.32 Å².